The van der Waals surface area contributed by atoms with Crippen molar-refractivity contribution in [1.82, 2.24) is 18.8 Å². The van der Waals surface area contributed by atoms with E-state index in [9.17, 15) is 8.42 Å². The predicted octanol–water partition coefficient (Wildman–Crippen LogP) is 2.29. The SMILES string of the molecule is CC(C)c1nc(S(=O)(=O)N2CCC(COc3ncccc3C#N)CC2)cn1C. The summed E-state index contributed by atoms with van der Waals surface area (Å²) in [7, 11) is -1.78. The molecule has 2 aromatic heterocycles. The van der Waals surface area contributed by atoms with E-state index < -0.39 is 10.0 Å². The molecule has 28 heavy (non-hydrogen) atoms. The first kappa shape index (κ1) is 20.3. The van der Waals surface area contributed by atoms with Gasteiger partial charge in [0.15, 0.2) is 5.03 Å². The second-order valence-corrected chi connectivity index (χ2v) is 9.21. The van der Waals surface area contributed by atoms with Gasteiger partial charge in [0.25, 0.3) is 10.0 Å². The topological polar surface area (TPSA) is 101 Å². The third-order valence-electron chi connectivity index (χ3n) is 4.93. The Morgan fingerprint density at radius 2 is 2.07 bits per heavy atom. The van der Waals surface area contributed by atoms with Gasteiger partial charge < -0.3 is 9.30 Å². The third-order valence-corrected chi connectivity index (χ3v) is 6.70. The van der Waals surface area contributed by atoms with Crippen LogP contribution in [0.5, 0.6) is 5.88 Å². The van der Waals surface area contributed by atoms with E-state index in [0.717, 1.165) is 5.82 Å². The van der Waals surface area contributed by atoms with E-state index in [0.29, 0.717) is 44.0 Å². The van der Waals surface area contributed by atoms with Crippen LogP contribution in [-0.4, -0.2) is 47.0 Å². The highest BCUT2D eigenvalue weighted by atomic mass is 32.2. The summed E-state index contributed by atoms with van der Waals surface area (Å²) in [5.41, 5.74) is 0.402. The first-order valence-corrected chi connectivity index (χ1v) is 10.8. The average Bonchev–Trinajstić information content (AvgIpc) is 3.10. The fourth-order valence-corrected chi connectivity index (χ4v) is 4.81. The number of sulfonamides is 1. The molecule has 0 aromatic carbocycles. The summed E-state index contributed by atoms with van der Waals surface area (Å²) in [4.78, 5) is 8.43. The Labute approximate surface area is 165 Å². The van der Waals surface area contributed by atoms with Gasteiger partial charge in [0, 0.05) is 38.4 Å². The summed E-state index contributed by atoms with van der Waals surface area (Å²) in [5.74, 6) is 1.46. The van der Waals surface area contributed by atoms with Gasteiger partial charge in [-0.3, -0.25) is 0 Å². The molecule has 1 aliphatic heterocycles. The largest absolute Gasteiger partial charge is 0.476 e. The van der Waals surface area contributed by atoms with Crippen molar-refractivity contribution < 1.29 is 13.2 Å². The molecule has 3 rings (SSSR count). The summed E-state index contributed by atoms with van der Waals surface area (Å²) in [5, 5.41) is 9.20. The quantitative estimate of drug-likeness (QED) is 0.733. The van der Waals surface area contributed by atoms with E-state index >= 15 is 0 Å². The number of piperidine rings is 1. The van der Waals surface area contributed by atoms with E-state index in [4.69, 9.17) is 10.00 Å². The van der Waals surface area contributed by atoms with Crippen molar-refractivity contribution in [1.29, 1.82) is 5.26 Å². The highest BCUT2D eigenvalue weighted by Crippen LogP contribution is 2.25. The molecule has 1 aliphatic rings. The van der Waals surface area contributed by atoms with Crippen LogP contribution < -0.4 is 4.74 Å². The normalized spacial score (nSPS) is 16.2. The molecule has 150 valence electrons. The molecule has 0 aliphatic carbocycles. The molecule has 0 N–H and O–H groups in total. The Bertz CT molecular complexity index is 970. The second-order valence-electron chi connectivity index (χ2n) is 7.33. The van der Waals surface area contributed by atoms with Gasteiger partial charge in [0.05, 0.1) is 6.61 Å². The van der Waals surface area contributed by atoms with Crippen LogP contribution in [0.2, 0.25) is 0 Å². The molecule has 1 saturated heterocycles. The molecule has 3 heterocycles. The van der Waals surface area contributed by atoms with Crippen LogP contribution in [0, 0.1) is 17.2 Å². The van der Waals surface area contributed by atoms with Crippen molar-refractivity contribution >= 4 is 10.0 Å². The zero-order chi connectivity index (χ0) is 20.3. The van der Waals surface area contributed by atoms with Crippen molar-refractivity contribution in [2.75, 3.05) is 19.7 Å². The van der Waals surface area contributed by atoms with Crippen LogP contribution in [-0.2, 0) is 17.1 Å². The lowest BCUT2D eigenvalue weighted by Gasteiger charge is -2.30. The lowest BCUT2D eigenvalue weighted by molar-refractivity contribution is 0.180. The molecular weight excluding hydrogens is 378 g/mol. The monoisotopic (exact) mass is 403 g/mol. The molecule has 8 nitrogen and oxygen atoms in total. The zero-order valence-electron chi connectivity index (χ0n) is 16.4. The van der Waals surface area contributed by atoms with Crippen molar-refractivity contribution in [2.45, 2.75) is 37.6 Å². The number of ether oxygens (including phenoxy) is 1. The molecule has 0 amide bonds. The van der Waals surface area contributed by atoms with Crippen LogP contribution in [0.25, 0.3) is 0 Å². The summed E-state index contributed by atoms with van der Waals surface area (Å²) >= 11 is 0. The maximum absolute atomic E-state index is 12.9. The highest BCUT2D eigenvalue weighted by molar-refractivity contribution is 7.89. The first-order valence-electron chi connectivity index (χ1n) is 9.34. The van der Waals surface area contributed by atoms with E-state index in [2.05, 4.69) is 16.0 Å². The Hall–Kier alpha value is -2.44. The molecule has 2 aromatic rings. The van der Waals surface area contributed by atoms with Gasteiger partial charge in [-0.15, -0.1) is 0 Å². The minimum absolute atomic E-state index is 0.112. The fourth-order valence-electron chi connectivity index (χ4n) is 3.35. The molecular formula is C19H25N5O3S. The van der Waals surface area contributed by atoms with Crippen LogP contribution in [0.4, 0.5) is 0 Å². The minimum Gasteiger partial charge on any atom is -0.476 e. The van der Waals surface area contributed by atoms with E-state index in [1.807, 2.05) is 20.9 Å². The van der Waals surface area contributed by atoms with Gasteiger partial charge in [-0.1, -0.05) is 13.8 Å². The summed E-state index contributed by atoms with van der Waals surface area (Å²) in [6, 6.07) is 5.41. The van der Waals surface area contributed by atoms with E-state index in [1.54, 1.807) is 29.1 Å². The zero-order valence-corrected chi connectivity index (χ0v) is 17.2. The number of hydrogen-bond donors (Lipinski definition) is 0. The smallest absolute Gasteiger partial charge is 0.262 e. The fraction of sp³-hybridized carbons (Fsp3) is 0.526. The summed E-state index contributed by atoms with van der Waals surface area (Å²) in [6.45, 7) is 5.25. The van der Waals surface area contributed by atoms with Crippen LogP contribution in [0.1, 0.15) is 44.0 Å². The maximum atomic E-state index is 12.9. The predicted molar refractivity (Wildman–Crippen MR) is 103 cm³/mol. The average molecular weight is 404 g/mol. The summed E-state index contributed by atoms with van der Waals surface area (Å²) in [6.07, 6.45) is 4.56. The molecule has 0 spiro atoms. The minimum atomic E-state index is -3.59. The standard InChI is InChI=1S/C19H25N5O3S/c1-14(2)18-22-17(12-23(18)3)28(25,26)24-9-6-15(7-10-24)13-27-19-16(11-20)5-4-8-21-19/h4-5,8,12,14-15H,6-7,9-10,13H2,1-3H3. The maximum Gasteiger partial charge on any atom is 0.262 e. The van der Waals surface area contributed by atoms with Gasteiger partial charge in [-0.2, -0.15) is 9.57 Å². The lowest BCUT2D eigenvalue weighted by Crippen LogP contribution is -2.39. The van der Waals surface area contributed by atoms with Crippen molar-refractivity contribution in [3.63, 3.8) is 0 Å². The molecule has 9 heteroatoms. The van der Waals surface area contributed by atoms with E-state index in [-0.39, 0.29) is 16.9 Å². The Morgan fingerprint density at radius 3 is 2.68 bits per heavy atom. The molecule has 0 bridgehead atoms. The lowest BCUT2D eigenvalue weighted by atomic mass is 9.99. The number of nitriles is 1. The number of hydrogen-bond acceptors (Lipinski definition) is 6. The van der Waals surface area contributed by atoms with Crippen LogP contribution >= 0.6 is 0 Å². The van der Waals surface area contributed by atoms with Crippen molar-refractivity contribution in [2.24, 2.45) is 13.0 Å². The molecule has 1 fully saturated rings. The molecule has 0 unspecified atom stereocenters. The number of imidazole rings is 1. The third kappa shape index (κ3) is 4.18. The van der Waals surface area contributed by atoms with Crippen molar-refractivity contribution in [3.8, 4) is 11.9 Å². The number of aromatic nitrogens is 3. The summed E-state index contributed by atoms with van der Waals surface area (Å²) < 4.78 is 34.8. The van der Waals surface area contributed by atoms with Gasteiger partial charge in [-0.25, -0.2) is 18.4 Å². The molecule has 0 radical (unpaired) electrons. The van der Waals surface area contributed by atoms with Gasteiger partial charge in [0.1, 0.15) is 17.5 Å². The van der Waals surface area contributed by atoms with Gasteiger partial charge in [0.2, 0.25) is 5.88 Å². The first-order chi connectivity index (χ1) is 13.3. The Morgan fingerprint density at radius 1 is 1.36 bits per heavy atom. The number of pyridine rings is 1. The van der Waals surface area contributed by atoms with E-state index in [1.165, 1.54) is 4.31 Å². The molecule has 0 saturated carbocycles. The Balaban J connectivity index is 1.60. The number of aryl methyl sites for hydroxylation is 1. The number of rotatable bonds is 6. The van der Waals surface area contributed by atoms with Crippen molar-refractivity contribution in [3.05, 3.63) is 35.9 Å². The molecule has 0 atom stereocenters. The Kier molecular flexibility index (Phi) is 6.01. The van der Waals surface area contributed by atoms with Gasteiger partial charge >= 0.3 is 0 Å². The van der Waals surface area contributed by atoms with Gasteiger partial charge in [-0.05, 0) is 30.9 Å². The second kappa shape index (κ2) is 8.29. The van der Waals surface area contributed by atoms with Crippen LogP contribution in [0.3, 0.4) is 0 Å². The number of nitrogens with zero attached hydrogens (tertiary/aromatic N) is 5. The highest BCUT2D eigenvalue weighted by Gasteiger charge is 2.32. The van der Waals surface area contributed by atoms with Crippen LogP contribution in [0.15, 0.2) is 29.6 Å².